The van der Waals surface area contributed by atoms with E-state index in [2.05, 4.69) is 4.72 Å². The Kier molecular flexibility index (Phi) is 3.87. The predicted octanol–water partition coefficient (Wildman–Crippen LogP) is -0.708. The molecule has 0 aliphatic carbocycles. The maximum absolute atomic E-state index is 11.6. The van der Waals surface area contributed by atoms with Gasteiger partial charge in [-0.15, -0.1) is 0 Å². The lowest BCUT2D eigenvalue weighted by molar-refractivity contribution is 0.183. The van der Waals surface area contributed by atoms with E-state index in [1.807, 2.05) is 0 Å². The number of aliphatic hydroxyl groups is 1. The van der Waals surface area contributed by atoms with Gasteiger partial charge in [-0.3, -0.25) is 0 Å². The highest BCUT2D eigenvalue weighted by Gasteiger charge is 2.21. The van der Waals surface area contributed by atoms with E-state index in [-0.39, 0.29) is 22.8 Å². The molecule has 0 bridgehead atoms. The Morgan fingerprint density at radius 1 is 1.50 bits per heavy atom. The Bertz CT molecular complexity index is 472. The molecule has 0 amide bonds. The maximum atomic E-state index is 11.6. The van der Waals surface area contributed by atoms with Crippen molar-refractivity contribution in [2.75, 3.05) is 13.6 Å². The highest BCUT2D eigenvalue weighted by Crippen LogP contribution is 2.25. The van der Waals surface area contributed by atoms with Gasteiger partial charge >= 0.3 is 0 Å². The van der Waals surface area contributed by atoms with E-state index in [0.717, 1.165) is 6.07 Å². The Balaban J connectivity index is 3.41. The van der Waals surface area contributed by atoms with Gasteiger partial charge in [0.15, 0.2) is 0 Å². The van der Waals surface area contributed by atoms with Crippen LogP contribution in [0.3, 0.4) is 0 Å². The zero-order valence-electron chi connectivity index (χ0n) is 8.71. The van der Waals surface area contributed by atoms with Gasteiger partial charge in [-0.2, -0.15) is 0 Å². The molecule has 1 rings (SSSR count). The lowest BCUT2D eigenvalue weighted by Gasteiger charge is -2.14. The van der Waals surface area contributed by atoms with Crippen LogP contribution < -0.4 is 10.5 Å². The smallest absolute Gasteiger partial charge is 0.240 e. The Hall–Kier alpha value is -1.15. The van der Waals surface area contributed by atoms with Crippen LogP contribution in [0.1, 0.15) is 11.7 Å². The summed E-state index contributed by atoms with van der Waals surface area (Å²) in [4.78, 5) is -0.173. The number of rotatable bonds is 4. The molecule has 1 atom stereocenters. The SMILES string of the molecule is CNS(=O)(=O)c1cc(O)ccc1C(O)CN. The summed E-state index contributed by atoms with van der Waals surface area (Å²) in [5, 5.41) is 18.8. The molecule has 0 spiro atoms. The molecule has 0 saturated carbocycles. The van der Waals surface area contributed by atoms with Crippen LogP contribution in [0, 0.1) is 0 Å². The normalized spacial score (nSPS) is 13.7. The highest BCUT2D eigenvalue weighted by molar-refractivity contribution is 7.89. The molecule has 90 valence electrons. The van der Waals surface area contributed by atoms with Gasteiger partial charge in [0.1, 0.15) is 5.75 Å². The van der Waals surface area contributed by atoms with Crippen LogP contribution in [0.4, 0.5) is 0 Å². The van der Waals surface area contributed by atoms with E-state index in [9.17, 15) is 18.6 Å². The van der Waals surface area contributed by atoms with E-state index in [4.69, 9.17) is 5.73 Å². The topological polar surface area (TPSA) is 113 Å². The summed E-state index contributed by atoms with van der Waals surface area (Å²) in [5.41, 5.74) is 5.43. The first-order valence-corrected chi connectivity index (χ1v) is 6.05. The molecule has 1 aromatic rings. The molecule has 7 heteroatoms. The summed E-state index contributed by atoms with van der Waals surface area (Å²) >= 11 is 0. The van der Waals surface area contributed by atoms with Gasteiger partial charge in [0.05, 0.1) is 11.0 Å². The van der Waals surface area contributed by atoms with Gasteiger partial charge in [0, 0.05) is 18.2 Å². The number of benzene rings is 1. The third kappa shape index (κ3) is 2.50. The lowest BCUT2D eigenvalue weighted by Crippen LogP contribution is -2.22. The van der Waals surface area contributed by atoms with Crippen molar-refractivity contribution in [2.24, 2.45) is 5.73 Å². The first-order chi connectivity index (χ1) is 7.42. The summed E-state index contributed by atoms with van der Waals surface area (Å²) in [7, 11) is -2.48. The van der Waals surface area contributed by atoms with Crippen LogP contribution in [-0.2, 0) is 10.0 Å². The fourth-order valence-corrected chi connectivity index (χ4v) is 2.28. The number of phenols is 1. The molecule has 0 aliphatic rings. The monoisotopic (exact) mass is 246 g/mol. The van der Waals surface area contributed by atoms with Crippen molar-refractivity contribution in [1.82, 2.24) is 4.72 Å². The number of phenolic OH excluding ortho intramolecular Hbond substituents is 1. The number of nitrogens with one attached hydrogen (secondary N) is 1. The van der Waals surface area contributed by atoms with Gasteiger partial charge in [-0.25, -0.2) is 13.1 Å². The van der Waals surface area contributed by atoms with E-state index in [1.165, 1.54) is 19.2 Å². The molecule has 6 nitrogen and oxygen atoms in total. The third-order valence-corrected chi connectivity index (χ3v) is 3.61. The number of hydrogen-bond donors (Lipinski definition) is 4. The quantitative estimate of drug-likeness (QED) is 0.560. The first-order valence-electron chi connectivity index (χ1n) is 4.57. The largest absolute Gasteiger partial charge is 0.508 e. The second-order valence-corrected chi connectivity index (χ2v) is 5.04. The van der Waals surface area contributed by atoms with Crippen LogP contribution in [0.2, 0.25) is 0 Å². The van der Waals surface area contributed by atoms with Crippen molar-refractivity contribution in [2.45, 2.75) is 11.0 Å². The predicted molar refractivity (Wildman–Crippen MR) is 58.4 cm³/mol. The van der Waals surface area contributed by atoms with Crippen LogP contribution in [0.25, 0.3) is 0 Å². The van der Waals surface area contributed by atoms with E-state index >= 15 is 0 Å². The summed E-state index contributed by atoms with van der Waals surface area (Å²) in [6.07, 6.45) is -1.08. The number of aromatic hydroxyl groups is 1. The second-order valence-electron chi connectivity index (χ2n) is 3.18. The van der Waals surface area contributed by atoms with Crippen LogP contribution in [0.5, 0.6) is 5.75 Å². The molecule has 0 radical (unpaired) electrons. The molecule has 0 aliphatic heterocycles. The van der Waals surface area contributed by atoms with Gasteiger partial charge in [-0.05, 0) is 13.1 Å². The van der Waals surface area contributed by atoms with Gasteiger partial charge < -0.3 is 15.9 Å². The summed E-state index contributed by atoms with van der Waals surface area (Å²) < 4.78 is 25.4. The van der Waals surface area contributed by atoms with Gasteiger partial charge in [0.25, 0.3) is 0 Å². The molecule has 0 fully saturated rings. The summed E-state index contributed by atoms with van der Waals surface area (Å²) in [5.74, 6) is -0.193. The third-order valence-electron chi connectivity index (χ3n) is 2.14. The molecule has 1 unspecified atom stereocenters. The minimum absolute atomic E-state index is 0.100. The fourth-order valence-electron chi connectivity index (χ4n) is 1.27. The zero-order chi connectivity index (χ0) is 12.3. The number of hydrogen-bond acceptors (Lipinski definition) is 5. The zero-order valence-corrected chi connectivity index (χ0v) is 9.53. The standard InChI is InChI=1S/C9H14N2O4S/c1-11-16(14,15)9-4-6(12)2-3-7(9)8(13)5-10/h2-4,8,11-13H,5,10H2,1H3. The lowest BCUT2D eigenvalue weighted by atomic mass is 10.1. The number of sulfonamides is 1. The van der Waals surface area contributed by atoms with Gasteiger partial charge in [0.2, 0.25) is 10.0 Å². The van der Waals surface area contributed by atoms with Crippen LogP contribution in [0.15, 0.2) is 23.1 Å². The minimum Gasteiger partial charge on any atom is -0.508 e. The summed E-state index contributed by atoms with van der Waals surface area (Å²) in [6, 6.07) is 3.69. The van der Waals surface area contributed by atoms with E-state index < -0.39 is 16.1 Å². The minimum atomic E-state index is -3.73. The maximum Gasteiger partial charge on any atom is 0.240 e. The molecule has 0 aromatic heterocycles. The van der Waals surface area contributed by atoms with Crippen LogP contribution in [-0.4, -0.2) is 32.2 Å². The fraction of sp³-hybridized carbons (Fsp3) is 0.333. The Morgan fingerprint density at radius 3 is 2.62 bits per heavy atom. The molecule has 0 heterocycles. The number of nitrogens with two attached hydrogens (primary N) is 1. The van der Waals surface area contributed by atoms with E-state index in [1.54, 1.807) is 0 Å². The average Bonchev–Trinajstić information content (AvgIpc) is 2.28. The molecule has 16 heavy (non-hydrogen) atoms. The Morgan fingerprint density at radius 2 is 2.12 bits per heavy atom. The molecule has 1 aromatic carbocycles. The van der Waals surface area contributed by atoms with Crippen molar-refractivity contribution in [1.29, 1.82) is 0 Å². The number of aliphatic hydroxyl groups excluding tert-OH is 1. The average molecular weight is 246 g/mol. The second kappa shape index (κ2) is 4.79. The molecule has 5 N–H and O–H groups in total. The van der Waals surface area contributed by atoms with Crippen molar-refractivity contribution in [3.05, 3.63) is 23.8 Å². The first kappa shape index (κ1) is 12.9. The summed E-state index contributed by atoms with van der Waals surface area (Å²) in [6.45, 7) is -0.100. The molecule has 0 saturated heterocycles. The Labute approximate surface area is 93.8 Å². The van der Waals surface area contributed by atoms with E-state index in [0.29, 0.717) is 0 Å². The van der Waals surface area contributed by atoms with Crippen molar-refractivity contribution >= 4 is 10.0 Å². The van der Waals surface area contributed by atoms with Crippen molar-refractivity contribution in [3.63, 3.8) is 0 Å². The van der Waals surface area contributed by atoms with Crippen molar-refractivity contribution in [3.8, 4) is 5.75 Å². The molecular formula is C9H14N2O4S. The van der Waals surface area contributed by atoms with Crippen LogP contribution >= 0.6 is 0 Å². The molecular weight excluding hydrogens is 232 g/mol. The van der Waals surface area contributed by atoms with Gasteiger partial charge in [-0.1, -0.05) is 6.07 Å². The van der Waals surface area contributed by atoms with Crippen molar-refractivity contribution < 1.29 is 18.6 Å². The highest BCUT2D eigenvalue weighted by atomic mass is 32.2.